The summed E-state index contributed by atoms with van der Waals surface area (Å²) in [5.41, 5.74) is 6.45. The van der Waals surface area contributed by atoms with Gasteiger partial charge in [0.1, 0.15) is 5.60 Å². The first-order valence-corrected chi connectivity index (χ1v) is 11.9. The van der Waals surface area contributed by atoms with Gasteiger partial charge in [0.15, 0.2) is 5.78 Å². The molecular weight excluding hydrogens is 454 g/mol. The number of aliphatic hydroxyl groups excluding tert-OH is 1. The molecule has 4 atom stereocenters. The van der Waals surface area contributed by atoms with Crippen molar-refractivity contribution < 1.29 is 19.8 Å². The first-order valence-electron chi connectivity index (χ1n) is 10.3. The molecule has 0 spiro atoms. The highest BCUT2D eigenvalue weighted by molar-refractivity contribution is 9.11. The number of ketones is 1. The highest BCUT2D eigenvalue weighted by atomic mass is 79.9. The largest absolute Gasteiger partial charge is 0.393 e. The summed E-state index contributed by atoms with van der Waals surface area (Å²) >= 11 is 5.19. The minimum Gasteiger partial charge on any atom is -0.393 e. The fraction of sp³-hybridized carbons (Fsp3) is 0.636. The number of aryl methyl sites for hydroxylation is 1. The number of allylic oxidation sites excluding steroid dienone is 2. The Kier molecular flexibility index (Phi) is 9.07. The van der Waals surface area contributed by atoms with E-state index < -0.39 is 29.4 Å². The van der Waals surface area contributed by atoms with Crippen molar-refractivity contribution in [2.75, 3.05) is 0 Å². The number of amides is 1. The van der Waals surface area contributed by atoms with Crippen LogP contribution in [0.5, 0.6) is 0 Å². The Hall–Kier alpha value is -1.02. The van der Waals surface area contributed by atoms with E-state index in [0.717, 1.165) is 16.6 Å². The molecule has 0 bridgehead atoms. The molecule has 1 heterocycles. The molecule has 7 heteroatoms. The molecule has 0 aliphatic heterocycles. The Labute approximate surface area is 185 Å². The van der Waals surface area contributed by atoms with Crippen LogP contribution in [-0.4, -0.2) is 33.6 Å². The van der Waals surface area contributed by atoms with Crippen molar-refractivity contribution in [3.63, 3.8) is 0 Å². The van der Waals surface area contributed by atoms with Gasteiger partial charge in [0, 0.05) is 24.7 Å². The van der Waals surface area contributed by atoms with Crippen molar-refractivity contribution in [2.45, 2.75) is 76.9 Å². The molecule has 1 amide bonds. The first kappa shape index (κ1) is 24.3. The lowest BCUT2D eigenvalue weighted by Gasteiger charge is -2.33. The maximum absolute atomic E-state index is 12.9. The number of rotatable bonds is 11. The fourth-order valence-electron chi connectivity index (χ4n) is 4.37. The van der Waals surface area contributed by atoms with Gasteiger partial charge in [0.2, 0.25) is 5.91 Å². The predicted octanol–water partition coefficient (Wildman–Crippen LogP) is 4.06. The van der Waals surface area contributed by atoms with E-state index in [9.17, 15) is 19.8 Å². The SMILES string of the molecule is CC=CCCC(C(N)=O)C1C[C@@H](O)C[C@]1(O)C(=O)CCCCc1csc(Br)c1C. The molecule has 0 aromatic carbocycles. The molecule has 29 heavy (non-hydrogen) atoms. The number of hydrogen-bond acceptors (Lipinski definition) is 5. The molecular formula is C22H32BrNO4S. The number of thiophene rings is 1. The number of Topliss-reactive ketones (excluding diaryl/α,β-unsaturated/α-hetero) is 1. The second-order valence-electron chi connectivity index (χ2n) is 8.07. The molecule has 1 aliphatic rings. The van der Waals surface area contributed by atoms with Gasteiger partial charge < -0.3 is 15.9 Å². The second kappa shape index (κ2) is 10.8. The van der Waals surface area contributed by atoms with Crippen LogP contribution in [0.25, 0.3) is 0 Å². The predicted molar refractivity (Wildman–Crippen MR) is 120 cm³/mol. The number of unbranched alkanes of at least 4 members (excludes halogenated alkanes) is 1. The van der Waals surface area contributed by atoms with Crippen LogP contribution in [0.3, 0.4) is 0 Å². The molecule has 5 nitrogen and oxygen atoms in total. The third-order valence-corrected chi connectivity index (χ3v) is 8.15. The van der Waals surface area contributed by atoms with Crippen LogP contribution in [0.2, 0.25) is 0 Å². The molecule has 0 saturated heterocycles. The standard InChI is InChI=1S/C22H32BrNO4S/c1-3-4-5-9-17(21(24)27)18-11-16(25)12-22(18,28)19(26)10-7-6-8-15-13-29-20(23)14(15)2/h3-4,13,16-18,25,28H,5-12H2,1-2H3,(H2,24,27)/t16-,17?,18?,22-/m1/s1. The van der Waals surface area contributed by atoms with Crippen LogP contribution < -0.4 is 5.73 Å². The van der Waals surface area contributed by atoms with Crippen LogP contribution in [0, 0.1) is 18.8 Å². The highest BCUT2D eigenvalue weighted by Gasteiger charge is 2.54. The van der Waals surface area contributed by atoms with Gasteiger partial charge in [-0.3, -0.25) is 9.59 Å². The maximum atomic E-state index is 12.9. The summed E-state index contributed by atoms with van der Waals surface area (Å²) in [6.45, 7) is 3.97. The number of aliphatic hydroxyl groups is 2. The molecule has 2 unspecified atom stereocenters. The van der Waals surface area contributed by atoms with Crippen molar-refractivity contribution >= 4 is 39.0 Å². The molecule has 4 N–H and O–H groups in total. The van der Waals surface area contributed by atoms with Crippen molar-refractivity contribution in [3.05, 3.63) is 32.4 Å². The lowest BCUT2D eigenvalue weighted by Crippen LogP contribution is -2.48. The number of carbonyl (C=O) groups excluding carboxylic acids is 2. The van der Waals surface area contributed by atoms with E-state index in [-0.39, 0.29) is 25.0 Å². The average molecular weight is 486 g/mol. The summed E-state index contributed by atoms with van der Waals surface area (Å²) in [6, 6.07) is 0. The van der Waals surface area contributed by atoms with Crippen LogP contribution in [0.15, 0.2) is 21.3 Å². The number of carbonyl (C=O) groups is 2. The Balaban J connectivity index is 1.99. The quantitative estimate of drug-likeness (QED) is 0.324. The van der Waals surface area contributed by atoms with E-state index in [4.69, 9.17) is 5.73 Å². The van der Waals surface area contributed by atoms with E-state index in [1.54, 1.807) is 11.3 Å². The number of primary amides is 1. The van der Waals surface area contributed by atoms with Crippen LogP contribution >= 0.6 is 27.3 Å². The molecule has 1 saturated carbocycles. The summed E-state index contributed by atoms with van der Waals surface area (Å²) in [4.78, 5) is 25.0. The zero-order valence-electron chi connectivity index (χ0n) is 17.2. The van der Waals surface area contributed by atoms with E-state index in [1.165, 1.54) is 11.1 Å². The molecule has 1 aromatic rings. The Morgan fingerprint density at radius 1 is 1.45 bits per heavy atom. The molecule has 1 aliphatic carbocycles. The second-order valence-corrected chi connectivity index (χ2v) is 10.3. The zero-order valence-corrected chi connectivity index (χ0v) is 19.6. The van der Waals surface area contributed by atoms with Gasteiger partial charge in [-0.2, -0.15) is 0 Å². The lowest BCUT2D eigenvalue weighted by molar-refractivity contribution is -0.146. The van der Waals surface area contributed by atoms with Gasteiger partial charge in [-0.05, 0) is 84.8 Å². The molecule has 1 aromatic heterocycles. The third-order valence-electron chi connectivity index (χ3n) is 6.08. The number of halogens is 1. The normalized spacial score (nSPS) is 25.6. The average Bonchev–Trinajstić information content (AvgIpc) is 3.15. The number of hydrogen-bond donors (Lipinski definition) is 3. The zero-order chi connectivity index (χ0) is 21.6. The number of nitrogens with two attached hydrogens (primary N) is 1. The van der Waals surface area contributed by atoms with Gasteiger partial charge in [0.05, 0.1) is 9.89 Å². The Morgan fingerprint density at radius 3 is 2.76 bits per heavy atom. The minimum absolute atomic E-state index is 0.0134. The van der Waals surface area contributed by atoms with Gasteiger partial charge in [0.25, 0.3) is 0 Å². The van der Waals surface area contributed by atoms with Gasteiger partial charge in [-0.25, -0.2) is 0 Å². The third kappa shape index (κ3) is 6.00. The monoisotopic (exact) mass is 485 g/mol. The van der Waals surface area contributed by atoms with E-state index in [0.29, 0.717) is 19.3 Å². The summed E-state index contributed by atoms with van der Waals surface area (Å²) in [7, 11) is 0. The Morgan fingerprint density at radius 2 is 2.17 bits per heavy atom. The summed E-state index contributed by atoms with van der Waals surface area (Å²) in [6.07, 6.45) is 7.02. The topological polar surface area (TPSA) is 101 Å². The van der Waals surface area contributed by atoms with Crippen molar-refractivity contribution in [2.24, 2.45) is 17.6 Å². The van der Waals surface area contributed by atoms with Crippen LogP contribution in [0.4, 0.5) is 0 Å². The fourth-order valence-corrected chi connectivity index (χ4v) is 5.76. The summed E-state index contributed by atoms with van der Waals surface area (Å²) in [5.74, 6) is -2.04. The maximum Gasteiger partial charge on any atom is 0.220 e. The van der Waals surface area contributed by atoms with Crippen LogP contribution in [0.1, 0.15) is 63.0 Å². The molecule has 0 radical (unpaired) electrons. The first-order chi connectivity index (χ1) is 13.7. The van der Waals surface area contributed by atoms with Crippen molar-refractivity contribution in [1.29, 1.82) is 0 Å². The van der Waals surface area contributed by atoms with E-state index >= 15 is 0 Å². The van der Waals surface area contributed by atoms with E-state index in [1.807, 2.05) is 19.1 Å². The van der Waals surface area contributed by atoms with Crippen molar-refractivity contribution in [3.8, 4) is 0 Å². The smallest absolute Gasteiger partial charge is 0.220 e. The molecule has 162 valence electrons. The molecule has 2 rings (SSSR count). The van der Waals surface area contributed by atoms with Crippen LogP contribution in [-0.2, 0) is 16.0 Å². The summed E-state index contributed by atoms with van der Waals surface area (Å²) in [5, 5.41) is 23.5. The van der Waals surface area contributed by atoms with E-state index in [2.05, 4.69) is 28.2 Å². The lowest BCUT2D eigenvalue weighted by atomic mass is 9.75. The Bertz CT molecular complexity index is 747. The van der Waals surface area contributed by atoms with Gasteiger partial charge in [-0.15, -0.1) is 11.3 Å². The highest BCUT2D eigenvalue weighted by Crippen LogP contribution is 2.43. The van der Waals surface area contributed by atoms with Gasteiger partial charge >= 0.3 is 0 Å². The van der Waals surface area contributed by atoms with Gasteiger partial charge in [-0.1, -0.05) is 12.2 Å². The summed E-state index contributed by atoms with van der Waals surface area (Å²) < 4.78 is 1.14. The minimum atomic E-state index is -1.67. The molecule has 1 fully saturated rings. The van der Waals surface area contributed by atoms with Crippen molar-refractivity contribution in [1.82, 2.24) is 0 Å².